The van der Waals surface area contributed by atoms with Gasteiger partial charge in [0.25, 0.3) is 0 Å². The third kappa shape index (κ3) is 8.30. The van der Waals surface area contributed by atoms with Crippen molar-refractivity contribution in [3.8, 4) is 0 Å². The lowest BCUT2D eigenvalue weighted by Crippen LogP contribution is -2.52. The summed E-state index contributed by atoms with van der Waals surface area (Å²) in [7, 11) is 0. The molecule has 174 valence electrons. The van der Waals surface area contributed by atoms with E-state index < -0.39 is 5.60 Å². The Morgan fingerprint density at radius 2 is 1.70 bits per heavy atom. The Hall–Kier alpha value is -1.54. The number of morpholine rings is 1. The molecule has 2 saturated heterocycles. The molecule has 2 rings (SSSR count). The molecule has 0 radical (unpaired) electrons. The number of nitrogens with one attached hydrogen (secondary N) is 2. The number of hydrogen-bond donors (Lipinski definition) is 2. The number of rotatable bonds is 6. The lowest BCUT2D eigenvalue weighted by atomic mass is 9.97. The smallest absolute Gasteiger partial charge is 0.410 e. The van der Waals surface area contributed by atoms with Crippen molar-refractivity contribution in [2.45, 2.75) is 65.5 Å². The van der Waals surface area contributed by atoms with Gasteiger partial charge < -0.3 is 25.0 Å². The van der Waals surface area contributed by atoms with Gasteiger partial charge in [0.1, 0.15) is 5.60 Å². The van der Waals surface area contributed by atoms with Crippen LogP contribution >= 0.6 is 0 Å². The van der Waals surface area contributed by atoms with Crippen molar-refractivity contribution in [2.24, 2.45) is 10.9 Å². The van der Waals surface area contributed by atoms with E-state index in [2.05, 4.69) is 36.3 Å². The number of amides is 1. The van der Waals surface area contributed by atoms with E-state index in [0.29, 0.717) is 5.92 Å². The zero-order valence-electron chi connectivity index (χ0n) is 19.9. The summed E-state index contributed by atoms with van der Waals surface area (Å²) in [6.45, 7) is 19.8. The van der Waals surface area contributed by atoms with E-state index in [1.54, 1.807) is 0 Å². The van der Waals surface area contributed by atoms with Crippen molar-refractivity contribution in [1.29, 1.82) is 0 Å². The molecule has 8 nitrogen and oxygen atoms in total. The summed E-state index contributed by atoms with van der Waals surface area (Å²) in [5.74, 6) is 1.40. The minimum atomic E-state index is -0.443. The highest BCUT2D eigenvalue weighted by Crippen LogP contribution is 2.19. The molecule has 0 aromatic carbocycles. The first kappa shape index (κ1) is 24.7. The number of carbonyl (C=O) groups excluding carboxylic acids is 1. The highest BCUT2D eigenvalue weighted by molar-refractivity contribution is 5.79. The van der Waals surface area contributed by atoms with Crippen LogP contribution in [0.15, 0.2) is 4.99 Å². The summed E-state index contributed by atoms with van der Waals surface area (Å²) in [6.07, 6.45) is 1.75. The molecule has 2 aliphatic rings. The first-order valence-corrected chi connectivity index (χ1v) is 11.4. The molecule has 8 heteroatoms. The number of hydrogen-bond acceptors (Lipinski definition) is 5. The van der Waals surface area contributed by atoms with Gasteiger partial charge in [0.15, 0.2) is 5.96 Å². The Morgan fingerprint density at radius 1 is 1.07 bits per heavy atom. The number of ether oxygens (including phenoxy) is 2. The summed E-state index contributed by atoms with van der Waals surface area (Å²) in [4.78, 5) is 21.4. The molecule has 2 heterocycles. The van der Waals surface area contributed by atoms with Gasteiger partial charge in [0.05, 0.1) is 19.8 Å². The predicted molar refractivity (Wildman–Crippen MR) is 121 cm³/mol. The molecule has 0 aromatic heterocycles. The molecule has 2 N–H and O–H groups in total. The summed E-state index contributed by atoms with van der Waals surface area (Å²) >= 11 is 0. The van der Waals surface area contributed by atoms with Crippen LogP contribution in [-0.4, -0.2) is 92.0 Å². The Labute approximate surface area is 182 Å². The number of nitrogens with zero attached hydrogens (tertiary/aromatic N) is 3. The van der Waals surface area contributed by atoms with Crippen LogP contribution in [0.5, 0.6) is 0 Å². The van der Waals surface area contributed by atoms with Gasteiger partial charge in [-0.25, -0.2) is 4.79 Å². The fourth-order valence-corrected chi connectivity index (χ4v) is 3.77. The number of likely N-dealkylation sites (tertiary alicyclic amines) is 1. The van der Waals surface area contributed by atoms with Crippen molar-refractivity contribution in [3.63, 3.8) is 0 Å². The minimum Gasteiger partial charge on any atom is -0.444 e. The zero-order valence-corrected chi connectivity index (χ0v) is 19.9. The maximum Gasteiger partial charge on any atom is 0.410 e. The molecule has 0 unspecified atom stereocenters. The average Bonchev–Trinajstić information content (AvgIpc) is 2.70. The quantitative estimate of drug-likeness (QED) is 0.502. The molecule has 0 atom stereocenters. The van der Waals surface area contributed by atoms with Crippen LogP contribution in [0.4, 0.5) is 4.79 Å². The molecule has 2 fully saturated rings. The molecule has 0 aliphatic carbocycles. The van der Waals surface area contributed by atoms with Crippen LogP contribution in [0, 0.1) is 5.92 Å². The van der Waals surface area contributed by atoms with E-state index in [-0.39, 0.29) is 11.6 Å². The van der Waals surface area contributed by atoms with Gasteiger partial charge in [-0.3, -0.25) is 9.89 Å². The maximum atomic E-state index is 12.2. The van der Waals surface area contributed by atoms with Crippen LogP contribution in [0.3, 0.4) is 0 Å². The Balaban J connectivity index is 1.79. The van der Waals surface area contributed by atoms with Gasteiger partial charge in [0.2, 0.25) is 0 Å². The van der Waals surface area contributed by atoms with Gasteiger partial charge in [-0.15, -0.1) is 0 Å². The second kappa shape index (κ2) is 11.2. The van der Waals surface area contributed by atoms with Crippen molar-refractivity contribution in [2.75, 3.05) is 59.0 Å². The van der Waals surface area contributed by atoms with Crippen LogP contribution in [0.25, 0.3) is 0 Å². The predicted octanol–water partition coefficient (Wildman–Crippen LogP) is 2.30. The monoisotopic (exact) mass is 425 g/mol. The van der Waals surface area contributed by atoms with E-state index in [1.807, 2.05) is 25.7 Å². The van der Waals surface area contributed by atoms with E-state index in [1.165, 1.54) is 0 Å². The maximum absolute atomic E-state index is 12.2. The lowest BCUT2D eigenvalue weighted by molar-refractivity contribution is -0.00684. The summed E-state index contributed by atoms with van der Waals surface area (Å²) in [5.41, 5.74) is -0.438. The molecule has 0 bridgehead atoms. The number of guanidine groups is 1. The molecule has 1 amide bonds. The van der Waals surface area contributed by atoms with Crippen LogP contribution in [0.1, 0.15) is 54.4 Å². The molecule has 30 heavy (non-hydrogen) atoms. The van der Waals surface area contributed by atoms with Gasteiger partial charge in [-0.1, -0.05) is 0 Å². The van der Waals surface area contributed by atoms with Gasteiger partial charge in [0, 0.05) is 44.8 Å². The normalized spacial score (nSPS) is 20.2. The average molecular weight is 426 g/mol. The van der Waals surface area contributed by atoms with Crippen molar-refractivity contribution in [3.05, 3.63) is 0 Å². The fraction of sp³-hybridized carbons (Fsp3) is 0.909. The van der Waals surface area contributed by atoms with Crippen LogP contribution < -0.4 is 10.6 Å². The second-order valence-corrected chi connectivity index (χ2v) is 9.90. The summed E-state index contributed by atoms with van der Waals surface area (Å²) in [6, 6.07) is 0. The number of carbonyl (C=O) groups is 1. The van der Waals surface area contributed by atoms with Crippen molar-refractivity contribution in [1.82, 2.24) is 20.4 Å². The highest BCUT2D eigenvalue weighted by Gasteiger charge is 2.29. The third-order valence-corrected chi connectivity index (χ3v) is 5.66. The van der Waals surface area contributed by atoms with Gasteiger partial charge in [-0.05, 0) is 60.3 Å². The molecule has 0 saturated carbocycles. The topological polar surface area (TPSA) is 78.4 Å². The third-order valence-electron chi connectivity index (χ3n) is 5.66. The van der Waals surface area contributed by atoms with E-state index in [4.69, 9.17) is 14.5 Å². The molecular formula is C22H43N5O3. The second-order valence-electron chi connectivity index (χ2n) is 9.90. The molecule has 2 aliphatic heterocycles. The van der Waals surface area contributed by atoms with E-state index in [9.17, 15) is 4.79 Å². The number of piperidine rings is 1. The minimum absolute atomic E-state index is 0.00485. The van der Waals surface area contributed by atoms with Crippen molar-refractivity contribution < 1.29 is 14.3 Å². The van der Waals surface area contributed by atoms with Crippen molar-refractivity contribution >= 4 is 12.1 Å². The first-order chi connectivity index (χ1) is 14.1. The van der Waals surface area contributed by atoms with Crippen LogP contribution in [-0.2, 0) is 9.47 Å². The van der Waals surface area contributed by atoms with E-state index >= 15 is 0 Å². The Bertz CT molecular complexity index is 560. The van der Waals surface area contributed by atoms with Gasteiger partial charge in [-0.2, -0.15) is 0 Å². The van der Waals surface area contributed by atoms with Gasteiger partial charge >= 0.3 is 6.09 Å². The first-order valence-electron chi connectivity index (χ1n) is 11.4. The van der Waals surface area contributed by atoms with E-state index in [0.717, 1.165) is 77.8 Å². The SMILES string of the molecule is CCNC(=NCC(C)(C)N1CCOCC1)NCC1CCN(C(=O)OC(C)(C)C)CC1. The molecular weight excluding hydrogens is 382 g/mol. The summed E-state index contributed by atoms with van der Waals surface area (Å²) in [5, 5.41) is 6.87. The fourth-order valence-electron chi connectivity index (χ4n) is 3.77. The Morgan fingerprint density at radius 3 is 2.27 bits per heavy atom. The lowest BCUT2D eigenvalue weighted by Gasteiger charge is -2.40. The molecule has 0 aromatic rings. The number of aliphatic imine (C=N–C) groups is 1. The summed E-state index contributed by atoms with van der Waals surface area (Å²) < 4.78 is 11.0. The Kier molecular flexibility index (Phi) is 9.22. The molecule has 0 spiro atoms. The highest BCUT2D eigenvalue weighted by atomic mass is 16.6. The largest absolute Gasteiger partial charge is 0.444 e. The zero-order chi connectivity index (χ0) is 22.2. The standard InChI is InChI=1S/C22H43N5O3/c1-7-23-19(25-17-22(5,6)27-12-14-29-15-13-27)24-16-18-8-10-26(11-9-18)20(28)30-21(2,3)4/h18H,7-17H2,1-6H3,(H2,23,24,25). The van der Waals surface area contributed by atoms with Crippen LogP contribution in [0.2, 0.25) is 0 Å².